The first kappa shape index (κ1) is 17.2. The molecule has 0 saturated heterocycles. The van der Waals surface area contributed by atoms with Gasteiger partial charge < -0.3 is 10.0 Å². The lowest BCUT2D eigenvalue weighted by Crippen LogP contribution is -2.13. The zero-order chi connectivity index (χ0) is 16.1. The van der Waals surface area contributed by atoms with E-state index in [1.54, 1.807) is 0 Å². The number of hydrogen-bond donors (Lipinski definition) is 2. The van der Waals surface area contributed by atoms with Gasteiger partial charge in [-0.3, -0.25) is 0 Å². The maximum atomic E-state index is 13.7. The minimum absolute atomic E-state index is 0.0361. The normalized spacial score (nSPS) is 23.1. The van der Waals surface area contributed by atoms with E-state index in [0.717, 1.165) is 24.3 Å². The first-order chi connectivity index (χ1) is 10.5. The van der Waals surface area contributed by atoms with Crippen LogP contribution in [0.4, 0.5) is 8.78 Å². The fourth-order valence-corrected chi connectivity index (χ4v) is 3.35. The Morgan fingerprint density at radius 1 is 1.09 bits per heavy atom. The molecule has 22 heavy (non-hydrogen) atoms. The average Bonchev–Trinajstić information content (AvgIpc) is 2.54. The molecule has 1 saturated carbocycles. The molecule has 0 unspecified atom stereocenters. The lowest BCUT2D eigenvalue weighted by molar-refractivity contribution is 0.308. The van der Waals surface area contributed by atoms with Crippen LogP contribution in [0.3, 0.4) is 0 Å². The van der Waals surface area contributed by atoms with Crippen molar-refractivity contribution in [3.63, 3.8) is 0 Å². The van der Waals surface area contributed by atoms with Gasteiger partial charge in [0, 0.05) is 5.56 Å². The SMILES string of the molecule is CCCC1CCC(c2ccc(C(F)=C(F)B(O)O)cc2)CC1. The van der Waals surface area contributed by atoms with Gasteiger partial charge in [-0.25, -0.2) is 8.78 Å². The van der Waals surface area contributed by atoms with Gasteiger partial charge in [-0.2, -0.15) is 0 Å². The van der Waals surface area contributed by atoms with Crippen molar-refractivity contribution in [2.75, 3.05) is 0 Å². The molecule has 0 radical (unpaired) electrons. The summed E-state index contributed by atoms with van der Waals surface area (Å²) in [6, 6.07) is 6.64. The molecule has 0 bridgehead atoms. The Labute approximate surface area is 131 Å². The van der Waals surface area contributed by atoms with Crippen LogP contribution in [-0.4, -0.2) is 17.2 Å². The highest BCUT2D eigenvalue weighted by atomic mass is 19.2. The molecule has 1 aromatic rings. The highest BCUT2D eigenvalue weighted by Gasteiger charge is 2.23. The quantitative estimate of drug-likeness (QED) is 0.793. The van der Waals surface area contributed by atoms with E-state index in [9.17, 15) is 8.78 Å². The molecule has 1 fully saturated rings. The predicted octanol–water partition coefficient (Wildman–Crippen LogP) is 4.38. The Bertz CT molecular complexity index is 506. The molecule has 0 aromatic heterocycles. The van der Waals surface area contributed by atoms with Gasteiger partial charge in [0.1, 0.15) is 0 Å². The zero-order valence-corrected chi connectivity index (χ0v) is 12.9. The monoisotopic (exact) mass is 308 g/mol. The molecule has 1 aliphatic rings. The highest BCUT2D eigenvalue weighted by Crippen LogP contribution is 2.37. The third kappa shape index (κ3) is 4.17. The lowest BCUT2D eigenvalue weighted by atomic mass is 9.77. The molecule has 2 nitrogen and oxygen atoms in total. The van der Waals surface area contributed by atoms with Crippen LogP contribution in [0.2, 0.25) is 0 Å². The maximum Gasteiger partial charge on any atom is 0.521 e. The molecule has 0 atom stereocenters. The molecule has 2 rings (SSSR count). The van der Waals surface area contributed by atoms with E-state index in [0.29, 0.717) is 5.92 Å². The van der Waals surface area contributed by atoms with Gasteiger partial charge in [-0.05, 0) is 43.1 Å². The highest BCUT2D eigenvalue weighted by molar-refractivity contribution is 6.51. The summed E-state index contributed by atoms with van der Waals surface area (Å²) in [6.45, 7) is 2.22. The van der Waals surface area contributed by atoms with Crippen molar-refractivity contribution >= 4 is 12.9 Å². The molecule has 0 heterocycles. The third-order valence-electron chi connectivity index (χ3n) is 4.62. The first-order valence-electron chi connectivity index (χ1n) is 8.04. The summed E-state index contributed by atoms with van der Waals surface area (Å²) in [4.78, 5) is 0. The summed E-state index contributed by atoms with van der Waals surface area (Å²) in [5.74, 6) is 0.108. The van der Waals surface area contributed by atoms with E-state index < -0.39 is 18.7 Å². The van der Waals surface area contributed by atoms with E-state index in [1.807, 2.05) is 12.1 Å². The van der Waals surface area contributed by atoms with Gasteiger partial charge in [-0.1, -0.05) is 44.0 Å². The second-order valence-electron chi connectivity index (χ2n) is 6.16. The van der Waals surface area contributed by atoms with E-state index in [-0.39, 0.29) is 5.56 Å². The summed E-state index contributed by atoms with van der Waals surface area (Å²) in [6.07, 6.45) is 7.29. The largest absolute Gasteiger partial charge is 0.521 e. The molecule has 1 aliphatic carbocycles. The number of benzene rings is 1. The van der Waals surface area contributed by atoms with Crippen LogP contribution in [0.25, 0.3) is 5.83 Å². The molecule has 0 aliphatic heterocycles. The fourth-order valence-electron chi connectivity index (χ4n) is 3.35. The lowest BCUT2D eigenvalue weighted by Gasteiger charge is -2.28. The van der Waals surface area contributed by atoms with Gasteiger partial charge in [-0.15, -0.1) is 0 Å². The Morgan fingerprint density at radius 2 is 1.68 bits per heavy atom. The molecule has 5 heteroatoms. The van der Waals surface area contributed by atoms with E-state index in [2.05, 4.69) is 6.92 Å². The van der Waals surface area contributed by atoms with Crippen molar-refractivity contribution in [3.05, 3.63) is 41.1 Å². The number of halogens is 2. The van der Waals surface area contributed by atoms with Crippen LogP contribution in [0.15, 0.2) is 30.0 Å². The van der Waals surface area contributed by atoms with Crippen LogP contribution >= 0.6 is 0 Å². The Kier molecular flexibility index (Phi) is 6.15. The van der Waals surface area contributed by atoms with Gasteiger partial charge in [0.15, 0.2) is 11.6 Å². The maximum absolute atomic E-state index is 13.7. The zero-order valence-electron chi connectivity index (χ0n) is 12.9. The van der Waals surface area contributed by atoms with Crippen molar-refractivity contribution in [3.8, 4) is 0 Å². The van der Waals surface area contributed by atoms with Crippen LogP contribution < -0.4 is 0 Å². The Balaban J connectivity index is 2.03. The molecule has 0 amide bonds. The molecule has 1 aromatic carbocycles. The minimum Gasteiger partial charge on any atom is -0.422 e. The summed E-state index contributed by atoms with van der Waals surface area (Å²) < 4.78 is 26.9. The average molecular weight is 308 g/mol. The summed E-state index contributed by atoms with van der Waals surface area (Å²) in [5.41, 5.74) is -0.363. The first-order valence-corrected chi connectivity index (χ1v) is 8.04. The van der Waals surface area contributed by atoms with E-state index >= 15 is 0 Å². The second-order valence-corrected chi connectivity index (χ2v) is 6.16. The smallest absolute Gasteiger partial charge is 0.422 e. The molecular weight excluding hydrogens is 285 g/mol. The van der Waals surface area contributed by atoms with Gasteiger partial charge in [0.25, 0.3) is 0 Å². The van der Waals surface area contributed by atoms with Gasteiger partial charge >= 0.3 is 7.12 Å². The van der Waals surface area contributed by atoms with Crippen molar-refractivity contribution < 1.29 is 18.8 Å². The predicted molar refractivity (Wildman–Crippen MR) is 85.4 cm³/mol. The molecule has 0 spiro atoms. The van der Waals surface area contributed by atoms with Gasteiger partial charge in [0.2, 0.25) is 0 Å². The number of rotatable bonds is 5. The Hall–Kier alpha value is -1.20. The van der Waals surface area contributed by atoms with Crippen molar-refractivity contribution in [1.29, 1.82) is 0 Å². The van der Waals surface area contributed by atoms with Gasteiger partial charge in [0.05, 0.1) is 0 Å². The topological polar surface area (TPSA) is 40.5 Å². The van der Waals surface area contributed by atoms with Crippen molar-refractivity contribution in [2.24, 2.45) is 5.92 Å². The van der Waals surface area contributed by atoms with E-state index in [1.165, 1.54) is 37.8 Å². The molecule has 120 valence electrons. The van der Waals surface area contributed by atoms with E-state index in [4.69, 9.17) is 10.0 Å². The molecular formula is C17H23BF2O2. The Morgan fingerprint density at radius 3 is 2.18 bits per heavy atom. The summed E-state index contributed by atoms with van der Waals surface area (Å²) >= 11 is 0. The van der Waals surface area contributed by atoms with Crippen molar-refractivity contribution in [2.45, 2.75) is 51.4 Å². The van der Waals surface area contributed by atoms with Crippen LogP contribution in [0.5, 0.6) is 0 Å². The van der Waals surface area contributed by atoms with Crippen LogP contribution in [-0.2, 0) is 0 Å². The van der Waals surface area contributed by atoms with Crippen LogP contribution in [0, 0.1) is 5.92 Å². The van der Waals surface area contributed by atoms with Crippen LogP contribution in [0.1, 0.15) is 62.5 Å². The van der Waals surface area contributed by atoms with Crippen molar-refractivity contribution in [1.82, 2.24) is 0 Å². The third-order valence-corrected chi connectivity index (χ3v) is 4.62. The molecule has 2 N–H and O–H groups in total. The second kappa shape index (κ2) is 7.88. The number of hydrogen-bond acceptors (Lipinski definition) is 2. The standard InChI is InChI=1S/C17H23BF2O2/c1-2-3-12-4-6-13(7-5-12)14-8-10-15(11-9-14)16(19)17(20)18(21)22/h8-13,21-22H,2-7H2,1H3. The summed E-state index contributed by atoms with van der Waals surface area (Å²) in [5, 5.41) is 17.3. The minimum atomic E-state index is -2.41. The fraction of sp³-hybridized carbons (Fsp3) is 0.529. The summed E-state index contributed by atoms with van der Waals surface area (Å²) in [7, 11) is -2.41.